The standard InChI is InChI=1S/C39H50N6O7S/c1-23(2)45-53(50,51)30-16-18-31(24(3)19-30)27-11-7-25(8-12-27)20-34(37(48)41-29-15-17-32-33(21-29)43-44-36(32)47)42-35(46)28-13-9-26(10-14-28)22-40-38(49)52-39(4,5)6/h7-8,11-12,15-19,21,23,26,28,34,45H,9-10,13-14,20,22H2,1-6H3,(H,40,49)(H,41,48)(H,42,46)(H2,43,44,47). The van der Waals surface area contributed by atoms with Gasteiger partial charge >= 0.3 is 6.09 Å². The Balaban J connectivity index is 1.28. The summed E-state index contributed by atoms with van der Waals surface area (Å²) >= 11 is 0. The molecule has 5 rings (SSSR count). The van der Waals surface area contributed by atoms with Crippen molar-refractivity contribution in [1.82, 2.24) is 25.6 Å². The second kappa shape index (κ2) is 16.4. The van der Waals surface area contributed by atoms with Crippen molar-refractivity contribution in [2.75, 3.05) is 11.9 Å². The van der Waals surface area contributed by atoms with Crippen molar-refractivity contribution in [3.05, 3.63) is 82.1 Å². The summed E-state index contributed by atoms with van der Waals surface area (Å²) in [5.41, 5.74) is 3.53. The molecule has 3 aromatic carbocycles. The van der Waals surface area contributed by atoms with Crippen LogP contribution in [-0.4, -0.2) is 60.8 Å². The Labute approximate surface area is 310 Å². The lowest BCUT2D eigenvalue weighted by Crippen LogP contribution is -2.48. The highest BCUT2D eigenvalue weighted by molar-refractivity contribution is 7.89. The number of sulfonamides is 1. The first kappa shape index (κ1) is 39.3. The number of carbonyl (C=O) groups is 3. The molecule has 0 spiro atoms. The van der Waals surface area contributed by atoms with Crippen molar-refractivity contribution in [2.45, 2.75) is 96.2 Å². The number of carbonyl (C=O) groups excluding carboxylic acids is 3. The SMILES string of the molecule is Cc1cc(S(=O)(=O)NC(C)C)ccc1-c1ccc(CC(NC(=O)C2CCC(CNC(=O)OC(C)(C)C)CC2)C(=O)Nc2ccc3c(=O)[nH][nH]c3c2)cc1. The zero-order chi connectivity index (χ0) is 38.5. The molecule has 1 fully saturated rings. The lowest BCUT2D eigenvalue weighted by Gasteiger charge is -2.29. The molecule has 0 radical (unpaired) electrons. The molecule has 1 atom stereocenters. The average Bonchev–Trinajstić information content (AvgIpc) is 3.45. The van der Waals surface area contributed by atoms with Crippen LogP contribution in [0.25, 0.3) is 22.0 Å². The summed E-state index contributed by atoms with van der Waals surface area (Å²) in [6.45, 7) is 11.3. The second-order valence-corrected chi connectivity index (χ2v) is 16.9. The van der Waals surface area contributed by atoms with Crippen molar-refractivity contribution in [3.8, 4) is 11.1 Å². The predicted octanol–water partition coefficient (Wildman–Crippen LogP) is 5.52. The van der Waals surface area contributed by atoms with E-state index in [-0.39, 0.29) is 40.7 Å². The molecule has 1 saturated carbocycles. The smallest absolute Gasteiger partial charge is 0.407 e. The lowest BCUT2D eigenvalue weighted by molar-refractivity contribution is -0.130. The van der Waals surface area contributed by atoms with Crippen molar-refractivity contribution in [3.63, 3.8) is 0 Å². The minimum atomic E-state index is -3.63. The van der Waals surface area contributed by atoms with E-state index >= 15 is 0 Å². The largest absolute Gasteiger partial charge is 0.444 e. The number of aryl methyl sites for hydroxylation is 1. The average molecular weight is 747 g/mol. The summed E-state index contributed by atoms with van der Waals surface area (Å²) in [5.74, 6) is -0.668. The number of hydrogen-bond acceptors (Lipinski definition) is 7. The molecule has 13 nitrogen and oxygen atoms in total. The van der Waals surface area contributed by atoms with Crippen LogP contribution < -0.4 is 26.2 Å². The number of hydrogen-bond donors (Lipinski definition) is 6. The molecule has 0 bridgehead atoms. The van der Waals surface area contributed by atoms with Gasteiger partial charge in [0, 0.05) is 30.6 Å². The maximum absolute atomic E-state index is 13.8. The van der Waals surface area contributed by atoms with Crippen LogP contribution in [0.4, 0.5) is 10.5 Å². The number of nitrogens with one attached hydrogen (secondary N) is 6. The van der Waals surface area contributed by atoms with E-state index in [9.17, 15) is 27.6 Å². The third kappa shape index (κ3) is 10.6. The molecular formula is C39H50N6O7S. The lowest BCUT2D eigenvalue weighted by atomic mass is 9.81. The number of aromatic nitrogens is 2. The zero-order valence-corrected chi connectivity index (χ0v) is 31.9. The van der Waals surface area contributed by atoms with Crippen molar-refractivity contribution < 1.29 is 27.5 Å². The van der Waals surface area contributed by atoms with Crippen LogP contribution in [0.15, 0.2) is 70.4 Å². The Bertz CT molecular complexity index is 2110. The zero-order valence-electron chi connectivity index (χ0n) is 31.1. The topological polar surface area (TPSA) is 191 Å². The number of ether oxygens (including phenoxy) is 1. The first-order chi connectivity index (χ1) is 25.0. The van der Waals surface area contributed by atoms with Gasteiger partial charge in [-0.2, -0.15) is 0 Å². The number of benzene rings is 3. The molecule has 4 aromatic rings. The minimum absolute atomic E-state index is 0.196. The molecule has 0 saturated heterocycles. The van der Waals surface area contributed by atoms with Crippen molar-refractivity contribution in [2.24, 2.45) is 11.8 Å². The first-order valence-corrected chi connectivity index (χ1v) is 19.5. The van der Waals surface area contributed by atoms with Gasteiger partial charge in [0.15, 0.2) is 0 Å². The van der Waals surface area contributed by atoms with Crippen LogP contribution in [0, 0.1) is 18.8 Å². The quantitative estimate of drug-likeness (QED) is 0.110. The van der Waals surface area contributed by atoms with E-state index in [1.165, 1.54) is 0 Å². The van der Waals surface area contributed by atoms with Crippen LogP contribution in [0.1, 0.15) is 71.4 Å². The number of amides is 3. The molecular weight excluding hydrogens is 697 g/mol. The molecule has 3 amide bonds. The van der Waals surface area contributed by atoms with Gasteiger partial charge < -0.3 is 20.7 Å². The van der Waals surface area contributed by atoms with E-state index in [1.807, 2.05) is 52.0 Å². The Morgan fingerprint density at radius 3 is 2.26 bits per heavy atom. The number of anilines is 1. The van der Waals surface area contributed by atoms with Gasteiger partial charge in [-0.1, -0.05) is 30.3 Å². The minimum Gasteiger partial charge on any atom is -0.444 e. The fourth-order valence-corrected chi connectivity index (χ4v) is 7.91. The van der Waals surface area contributed by atoms with Gasteiger partial charge in [0.2, 0.25) is 21.8 Å². The van der Waals surface area contributed by atoms with Gasteiger partial charge in [-0.05, 0) is 126 Å². The number of fused-ring (bicyclic) bond motifs is 1. The second-order valence-electron chi connectivity index (χ2n) is 15.1. The van der Waals surface area contributed by atoms with E-state index in [2.05, 4.69) is 30.9 Å². The van der Waals surface area contributed by atoms with Crippen LogP contribution in [0.3, 0.4) is 0 Å². The van der Waals surface area contributed by atoms with Gasteiger partial charge in [0.1, 0.15) is 11.6 Å². The highest BCUT2D eigenvalue weighted by Crippen LogP contribution is 2.30. The summed E-state index contributed by atoms with van der Waals surface area (Å²) in [6, 6.07) is 16.4. The molecule has 0 aliphatic heterocycles. The Morgan fingerprint density at radius 1 is 0.925 bits per heavy atom. The highest BCUT2D eigenvalue weighted by atomic mass is 32.2. The fraction of sp³-hybridized carbons (Fsp3) is 0.436. The van der Waals surface area contributed by atoms with Crippen LogP contribution in [0.2, 0.25) is 0 Å². The summed E-state index contributed by atoms with van der Waals surface area (Å²) < 4.78 is 33.3. The number of alkyl carbamates (subject to hydrolysis) is 1. The molecule has 14 heteroatoms. The molecule has 1 aromatic heterocycles. The van der Waals surface area contributed by atoms with Gasteiger partial charge in [0.05, 0.1) is 15.8 Å². The summed E-state index contributed by atoms with van der Waals surface area (Å²) in [5, 5.41) is 14.5. The molecule has 1 heterocycles. The number of H-pyrrole nitrogens is 2. The molecule has 284 valence electrons. The molecule has 53 heavy (non-hydrogen) atoms. The maximum Gasteiger partial charge on any atom is 0.407 e. The number of aromatic amines is 2. The maximum atomic E-state index is 13.8. The highest BCUT2D eigenvalue weighted by Gasteiger charge is 2.30. The molecule has 1 aliphatic carbocycles. The summed E-state index contributed by atoms with van der Waals surface area (Å²) in [4.78, 5) is 51.7. The third-order valence-corrected chi connectivity index (χ3v) is 10.9. The molecule has 1 unspecified atom stereocenters. The predicted molar refractivity (Wildman–Crippen MR) is 205 cm³/mol. The van der Waals surface area contributed by atoms with E-state index in [0.717, 1.165) is 35.1 Å². The third-order valence-electron chi connectivity index (χ3n) is 9.23. The monoisotopic (exact) mass is 746 g/mol. The van der Waals surface area contributed by atoms with Gasteiger partial charge in [0.25, 0.3) is 5.56 Å². The van der Waals surface area contributed by atoms with Gasteiger partial charge in [-0.25, -0.2) is 17.9 Å². The van der Waals surface area contributed by atoms with Gasteiger partial charge in [-0.15, -0.1) is 0 Å². The van der Waals surface area contributed by atoms with Crippen molar-refractivity contribution in [1.29, 1.82) is 0 Å². The Morgan fingerprint density at radius 2 is 1.62 bits per heavy atom. The van der Waals surface area contributed by atoms with Crippen LogP contribution >= 0.6 is 0 Å². The Kier molecular flexibility index (Phi) is 12.1. The van der Waals surface area contributed by atoms with E-state index in [0.29, 0.717) is 36.0 Å². The Hall–Kier alpha value is -4.95. The van der Waals surface area contributed by atoms with E-state index in [4.69, 9.17) is 4.74 Å². The van der Waals surface area contributed by atoms with E-state index < -0.39 is 33.7 Å². The summed E-state index contributed by atoms with van der Waals surface area (Å²) in [6.07, 6.45) is 2.51. The molecule has 6 N–H and O–H groups in total. The number of rotatable bonds is 12. The van der Waals surface area contributed by atoms with Crippen LogP contribution in [-0.2, 0) is 30.8 Å². The van der Waals surface area contributed by atoms with E-state index in [1.54, 1.807) is 50.2 Å². The molecule has 1 aliphatic rings. The first-order valence-electron chi connectivity index (χ1n) is 18.0. The van der Waals surface area contributed by atoms with Crippen molar-refractivity contribution >= 4 is 44.5 Å². The normalized spacial score (nSPS) is 17.0. The fourth-order valence-electron chi connectivity index (χ4n) is 6.58. The van der Waals surface area contributed by atoms with Gasteiger partial charge in [-0.3, -0.25) is 24.6 Å². The summed E-state index contributed by atoms with van der Waals surface area (Å²) in [7, 11) is -3.63. The van der Waals surface area contributed by atoms with Crippen LogP contribution in [0.5, 0.6) is 0 Å².